The second-order valence-corrected chi connectivity index (χ2v) is 5.12. The van der Waals surface area contributed by atoms with Crippen molar-refractivity contribution in [3.05, 3.63) is 61.3 Å². The van der Waals surface area contributed by atoms with Crippen LogP contribution in [0.2, 0.25) is 0 Å². The van der Waals surface area contributed by atoms with Crippen molar-refractivity contribution in [1.29, 1.82) is 0 Å². The number of unbranched alkanes of at least 4 members (excludes halogenated alkanes) is 2. The summed E-state index contributed by atoms with van der Waals surface area (Å²) in [4.78, 5) is 0. The second kappa shape index (κ2) is 49.5. The standard InChI is InChI=1S/C13H20.C4H10.C3H8.C2H6.C2H4.C2H2/c1-6-7-8-13(12(4)5)10-9-11(2)3;1-3-4-2;1-3-2;3*1-2/h8-10H,2,4,6-7H2,1,3,5H3;3-4H2,1-2H3;3H2,1-2H3;1-2H3;1-2H2;1-2H/b10-9-,13-8+;;;;;. The molecule has 0 N–H and O–H groups in total. The summed E-state index contributed by atoms with van der Waals surface area (Å²) in [6, 6.07) is 0. The minimum atomic E-state index is 1.07. The van der Waals surface area contributed by atoms with Gasteiger partial charge in [0.2, 0.25) is 0 Å². The fourth-order valence-corrected chi connectivity index (χ4v) is 0.916. The number of hydrogen-bond donors (Lipinski definition) is 0. The average molecular weight is 363 g/mol. The van der Waals surface area contributed by atoms with E-state index in [9.17, 15) is 0 Å². The van der Waals surface area contributed by atoms with Crippen molar-refractivity contribution in [3.8, 4) is 12.8 Å². The molecule has 0 heteroatoms. The predicted molar refractivity (Wildman–Crippen MR) is 131 cm³/mol. The van der Waals surface area contributed by atoms with Crippen LogP contribution in [-0.4, -0.2) is 0 Å². The van der Waals surface area contributed by atoms with Gasteiger partial charge < -0.3 is 0 Å². The zero-order valence-electron chi connectivity index (χ0n) is 19.8. The Balaban J connectivity index is -0.0000000636. The molecule has 154 valence electrons. The molecule has 0 heterocycles. The SMILES string of the molecule is C#C.C=C.C=C(C)/C=C\C(=C/CCC)C(=C)C.CC.CCC.CCCC. The Labute approximate surface area is 168 Å². The Morgan fingerprint density at radius 3 is 1.31 bits per heavy atom. The van der Waals surface area contributed by atoms with Gasteiger partial charge in [-0.05, 0) is 25.8 Å². The van der Waals surface area contributed by atoms with E-state index < -0.39 is 0 Å². The lowest BCUT2D eigenvalue weighted by Gasteiger charge is -2.00. The molecule has 0 radical (unpaired) electrons. The summed E-state index contributed by atoms with van der Waals surface area (Å²) in [5.41, 5.74) is 3.42. The molecular weight excluding hydrogens is 312 g/mol. The van der Waals surface area contributed by atoms with Gasteiger partial charge in [0.05, 0.1) is 0 Å². The number of rotatable bonds is 6. The lowest BCUT2D eigenvalue weighted by atomic mass is 10.1. The third-order valence-electron chi connectivity index (χ3n) is 2.19. The molecule has 0 saturated carbocycles. The number of hydrogen-bond acceptors (Lipinski definition) is 0. The first-order chi connectivity index (χ1) is 12.4. The highest BCUT2D eigenvalue weighted by Gasteiger charge is 1.91. The van der Waals surface area contributed by atoms with Gasteiger partial charge in [-0.3, -0.25) is 0 Å². The molecule has 0 atom stereocenters. The van der Waals surface area contributed by atoms with Gasteiger partial charge in [-0.25, -0.2) is 0 Å². The third kappa shape index (κ3) is 66.9. The van der Waals surface area contributed by atoms with Gasteiger partial charge in [0.25, 0.3) is 0 Å². The van der Waals surface area contributed by atoms with Crippen LogP contribution in [0.15, 0.2) is 61.3 Å². The van der Waals surface area contributed by atoms with Crippen LogP contribution in [0.5, 0.6) is 0 Å². The lowest BCUT2D eigenvalue weighted by molar-refractivity contribution is 0.886. The monoisotopic (exact) mass is 362 g/mol. The Hall–Kier alpha value is -1.74. The van der Waals surface area contributed by atoms with Crippen molar-refractivity contribution in [2.45, 2.75) is 94.4 Å². The molecule has 0 aromatic rings. The predicted octanol–water partition coefficient (Wildman–Crippen LogP) is 9.72. The van der Waals surface area contributed by atoms with Gasteiger partial charge in [0, 0.05) is 0 Å². The average Bonchev–Trinajstić information content (AvgIpc) is 2.67. The fourth-order valence-electron chi connectivity index (χ4n) is 0.916. The summed E-state index contributed by atoms with van der Waals surface area (Å²) in [5.74, 6) is 0. The molecule has 0 fully saturated rings. The number of terminal acetylenes is 1. The van der Waals surface area contributed by atoms with Gasteiger partial charge in [-0.15, -0.1) is 26.0 Å². The van der Waals surface area contributed by atoms with Gasteiger partial charge in [-0.2, -0.15) is 0 Å². The highest BCUT2D eigenvalue weighted by molar-refractivity contribution is 5.38. The van der Waals surface area contributed by atoms with E-state index in [-0.39, 0.29) is 0 Å². The molecule has 0 aliphatic heterocycles. The summed E-state index contributed by atoms with van der Waals surface area (Å²) in [7, 11) is 0. The van der Waals surface area contributed by atoms with Gasteiger partial charge >= 0.3 is 0 Å². The van der Waals surface area contributed by atoms with Crippen LogP contribution in [0.1, 0.15) is 94.4 Å². The van der Waals surface area contributed by atoms with Crippen molar-refractivity contribution in [2.75, 3.05) is 0 Å². The maximum atomic E-state index is 4.00. The lowest BCUT2D eigenvalue weighted by Crippen LogP contribution is -1.80. The van der Waals surface area contributed by atoms with Crippen LogP contribution in [0.3, 0.4) is 0 Å². The first-order valence-electron chi connectivity index (χ1n) is 9.93. The van der Waals surface area contributed by atoms with E-state index in [1.54, 1.807) is 0 Å². The second-order valence-electron chi connectivity index (χ2n) is 5.12. The normalized spacial score (nSPS) is 8.35. The molecule has 0 nitrogen and oxygen atoms in total. The Morgan fingerprint density at radius 2 is 1.12 bits per heavy atom. The summed E-state index contributed by atoms with van der Waals surface area (Å²) in [6.45, 7) is 32.6. The summed E-state index contributed by atoms with van der Waals surface area (Å²) < 4.78 is 0. The zero-order chi connectivity index (χ0) is 22.4. The Morgan fingerprint density at radius 1 is 0.769 bits per heavy atom. The maximum absolute atomic E-state index is 4.00. The molecular formula is C26H50. The van der Waals surface area contributed by atoms with E-state index in [1.165, 1.54) is 31.3 Å². The minimum absolute atomic E-state index is 1.07. The molecule has 0 amide bonds. The van der Waals surface area contributed by atoms with Gasteiger partial charge in [0.1, 0.15) is 0 Å². The van der Waals surface area contributed by atoms with Crippen LogP contribution in [-0.2, 0) is 0 Å². The summed E-state index contributed by atoms with van der Waals surface area (Å²) in [6.07, 6.45) is 20.5. The molecule has 26 heavy (non-hydrogen) atoms. The first kappa shape index (κ1) is 39.4. The quantitative estimate of drug-likeness (QED) is 0.250. The molecule has 0 saturated heterocycles. The van der Waals surface area contributed by atoms with E-state index in [0.29, 0.717) is 0 Å². The molecule has 0 aliphatic rings. The van der Waals surface area contributed by atoms with Crippen molar-refractivity contribution >= 4 is 0 Å². The van der Waals surface area contributed by atoms with E-state index >= 15 is 0 Å². The highest BCUT2D eigenvalue weighted by atomic mass is 14.0. The van der Waals surface area contributed by atoms with Crippen LogP contribution in [0.25, 0.3) is 0 Å². The van der Waals surface area contributed by atoms with Crippen molar-refractivity contribution in [2.24, 2.45) is 0 Å². The van der Waals surface area contributed by atoms with Gasteiger partial charge in [-0.1, -0.05) is 117 Å². The molecule has 0 spiro atoms. The molecule has 0 aromatic carbocycles. The molecule has 0 aliphatic carbocycles. The largest absolute Gasteiger partial charge is 0.124 e. The van der Waals surface area contributed by atoms with Crippen LogP contribution in [0, 0.1) is 12.8 Å². The topological polar surface area (TPSA) is 0 Å². The third-order valence-corrected chi connectivity index (χ3v) is 2.19. The molecule has 0 aromatic heterocycles. The van der Waals surface area contributed by atoms with Crippen molar-refractivity contribution in [3.63, 3.8) is 0 Å². The maximum Gasteiger partial charge on any atom is -0.0273 e. The zero-order valence-corrected chi connectivity index (χ0v) is 19.8. The van der Waals surface area contributed by atoms with Crippen LogP contribution < -0.4 is 0 Å². The van der Waals surface area contributed by atoms with Crippen molar-refractivity contribution < 1.29 is 0 Å². The van der Waals surface area contributed by atoms with Crippen LogP contribution in [0.4, 0.5) is 0 Å². The fraction of sp³-hybridized carbons (Fsp3) is 0.538. The Kier molecular flexibility index (Phi) is 74.9. The van der Waals surface area contributed by atoms with E-state index in [2.05, 4.69) is 85.9 Å². The smallest absolute Gasteiger partial charge is 0.0273 e. The van der Waals surface area contributed by atoms with Gasteiger partial charge in [0.15, 0.2) is 0 Å². The molecule has 0 unspecified atom stereocenters. The molecule has 0 bridgehead atoms. The minimum Gasteiger partial charge on any atom is -0.124 e. The highest BCUT2D eigenvalue weighted by Crippen LogP contribution is 2.11. The Bertz CT molecular complexity index is 321. The first-order valence-corrected chi connectivity index (χ1v) is 9.93. The van der Waals surface area contributed by atoms with Crippen LogP contribution >= 0.6 is 0 Å². The summed E-state index contributed by atoms with van der Waals surface area (Å²) in [5, 5.41) is 0. The molecule has 0 rings (SSSR count). The number of allylic oxidation sites excluding steroid dienone is 6. The summed E-state index contributed by atoms with van der Waals surface area (Å²) >= 11 is 0. The van der Waals surface area contributed by atoms with Crippen molar-refractivity contribution in [1.82, 2.24) is 0 Å². The van der Waals surface area contributed by atoms with E-state index in [0.717, 1.165) is 17.6 Å². The van der Waals surface area contributed by atoms with E-state index in [4.69, 9.17) is 0 Å². The van der Waals surface area contributed by atoms with E-state index in [1.807, 2.05) is 33.8 Å².